The van der Waals surface area contributed by atoms with Gasteiger partial charge in [-0.15, -0.1) is 0 Å². The molecule has 3 rings (SSSR count). The number of nitrogens with one attached hydrogen (secondary N) is 2. The van der Waals surface area contributed by atoms with Crippen molar-refractivity contribution in [2.24, 2.45) is 0 Å². The first-order chi connectivity index (χ1) is 13.0. The van der Waals surface area contributed by atoms with Crippen molar-refractivity contribution in [3.8, 4) is 0 Å². The molecule has 0 spiro atoms. The molecule has 0 atom stereocenters. The van der Waals surface area contributed by atoms with E-state index in [9.17, 15) is 13.6 Å². The van der Waals surface area contributed by atoms with E-state index in [1.165, 1.54) is 0 Å². The summed E-state index contributed by atoms with van der Waals surface area (Å²) in [7, 11) is 0. The van der Waals surface area contributed by atoms with E-state index in [2.05, 4.69) is 10.2 Å². The van der Waals surface area contributed by atoms with Crippen LogP contribution < -0.4 is 15.1 Å². The first-order valence-electron chi connectivity index (χ1n) is 8.69. The second-order valence-corrected chi connectivity index (χ2v) is 7.73. The van der Waals surface area contributed by atoms with Gasteiger partial charge in [0.05, 0.1) is 42.6 Å². The molecule has 0 aliphatic carbocycles. The number of halogens is 3. The van der Waals surface area contributed by atoms with Gasteiger partial charge < -0.3 is 15.1 Å². The molecule has 0 unspecified atom stereocenters. The van der Waals surface area contributed by atoms with Crippen molar-refractivity contribution < 1.29 is 18.5 Å². The summed E-state index contributed by atoms with van der Waals surface area (Å²) in [6, 6.07) is 14.4. The average Bonchev–Trinajstić information content (AvgIpc) is 2.64. The Balaban J connectivity index is 1.52. The maximum atomic E-state index is 12.6. The number of amides is 1. The lowest BCUT2D eigenvalue weighted by molar-refractivity contribution is -0.892. The van der Waals surface area contributed by atoms with Crippen molar-refractivity contribution >= 4 is 40.6 Å². The van der Waals surface area contributed by atoms with Gasteiger partial charge in [0.15, 0.2) is 6.54 Å². The SMILES string of the molecule is O=C(C[NH+]1CCN(c2ccccc2Cl)CC1)Nc1ccccc1SC(F)F. The van der Waals surface area contributed by atoms with Crippen LogP contribution in [-0.2, 0) is 4.79 Å². The van der Waals surface area contributed by atoms with Crippen molar-refractivity contribution in [3.05, 3.63) is 53.6 Å². The van der Waals surface area contributed by atoms with Crippen molar-refractivity contribution in [1.82, 2.24) is 0 Å². The lowest BCUT2D eigenvalue weighted by Crippen LogP contribution is -3.15. The third-order valence-electron chi connectivity index (χ3n) is 4.45. The summed E-state index contributed by atoms with van der Waals surface area (Å²) in [5, 5.41) is 3.50. The molecule has 27 heavy (non-hydrogen) atoms. The van der Waals surface area contributed by atoms with Gasteiger partial charge in [0.25, 0.3) is 11.7 Å². The molecule has 1 fully saturated rings. The van der Waals surface area contributed by atoms with Crippen molar-refractivity contribution in [2.75, 3.05) is 42.9 Å². The van der Waals surface area contributed by atoms with Crippen LogP contribution >= 0.6 is 23.4 Å². The molecule has 0 saturated carbocycles. The van der Waals surface area contributed by atoms with Gasteiger partial charge in [-0.05, 0) is 24.3 Å². The van der Waals surface area contributed by atoms with Crippen molar-refractivity contribution in [3.63, 3.8) is 0 Å². The van der Waals surface area contributed by atoms with Crippen LogP contribution in [0, 0.1) is 0 Å². The lowest BCUT2D eigenvalue weighted by atomic mass is 10.2. The van der Waals surface area contributed by atoms with E-state index in [4.69, 9.17) is 11.6 Å². The number of alkyl halides is 2. The Bertz CT molecular complexity index is 785. The minimum atomic E-state index is -2.52. The van der Waals surface area contributed by atoms with E-state index in [-0.39, 0.29) is 5.91 Å². The molecule has 1 saturated heterocycles. The van der Waals surface area contributed by atoms with Crippen LogP contribution in [0.3, 0.4) is 0 Å². The van der Waals surface area contributed by atoms with Crippen molar-refractivity contribution in [1.29, 1.82) is 0 Å². The molecule has 2 aromatic carbocycles. The Hall–Kier alpha value is -1.83. The van der Waals surface area contributed by atoms with Crippen LogP contribution in [0.25, 0.3) is 0 Å². The van der Waals surface area contributed by atoms with Crippen molar-refractivity contribution in [2.45, 2.75) is 10.7 Å². The molecule has 2 N–H and O–H groups in total. The van der Waals surface area contributed by atoms with Crippen LogP contribution in [0.15, 0.2) is 53.4 Å². The highest BCUT2D eigenvalue weighted by Crippen LogP contribution is 2.31. The fraction of sp³-hybridized carbons (Fsp3) is 0.316. The summed E-state index contributed by atoms with van der Waals surface area (Å²) in [5.41, 5.74) is 1.45. The highest BCUT2D eigenvalue weighted by molar-refractivity contribution is 7.99. The molecule has 1 aliphatic rings. The topological polar surface area (TPSA) is 36.8 Å². The molecule has 0 bridgehead atoms. The third kappa shape index (κ3) is 5.57. The predicted octanol–water partition coefficient (Wildman–Crippen LogP) is 3.00. The quantitative estimate of drug-likeness (QED) is 0.716. The highest BCUT2D eigenvalue weighted by Gasteiger charge is 2.23. The number of benzene rings is 2. The summed E-state index contributed by atoms with van der Waals surface area (Å²) in [6.45, 7) is 3.55. The Labute approximate surface area is 166 Å². The van der Waals surface area contributed by atoms with Crippen LogP contribution in [-0.4, -0.2) is 44.4 Å². The maximum Gasteiger partial charge on any atom is 0.288 e. The fourth-order valence-electron chi connectivity index (χ4n) is 3.14. The predicted molar refractivity (Wildman–Crippen MR) is 106 cm³/mol. The van der Waals surface area contributed by atoms with E-state index in [0.717, 1.165) is 41.8 Å². The Kier molecular flexibility index (Phi) is 6.93. The van der Waals surface area contributed by atoms with Crippen LogP contribution in [0.2, 0.25) is 5.02 Å². The van der Waals surface area contributed by atoms with E-state index in [1.54, 1.807) is 24.3 Å². The Morgan fingerprint density at radius 3 is 2.52 bits per heavy atom. The number of carbonyl (C=O) groups excluding carboxylic acids is 1. The molecule has 4 nitrogen and oxygen atoms in total. The first kappa shape index (κ1) is 19.9. The zero-order valence-electron chi connectivity index (χ0n) is 14.6. The molecule has 2 aromatic rings. The average molecular weight is 413 g/mol. The molecular formula is C19H21ClF2N3OS+. The number of anilines is 2. The molecule has 1 aliphatic heterocycles. The van der Waals surface area contributed by atoms with Gasteiger partial charge in [-0.1, -0.05) is 47.6 Å². The number of thioether (sulfide) groups is 1. The minimum absolute atomic E-state index is 0.168. The molecule has 0 radical (unpaired) electrons. The van der Waals surface area contributed by atoms with E-state index in [0.29, 0.717) is 28.9 Å². The number of rotatable bonds is 6. The van der Waals surface area contributed by atoms with Gasteiger partial charge in [0.2, 0.25) is 0 Å². The first-order valence-corrected chi connectivity index (χ1v) is 9.95. The highest BCUT2D eigenvalue weighted by atomic mass is 35.5. The number of para-hydroxylation sites is 2. The van der Waals surface area contributed by atoms with Gasteiger partial charge in [0.1, 0.15) is 0 Å². The molecule has 1 heterocycles. The second kappa shape index (κ2) is 9.39. The monoisotopic (exact) mass is 412 g/mol. The Morgan fingerprint density at radius 1 is 1.15 bits per heavy atom. The zero-order valence-corrected chi connectivity index (χ0v) is 16.2. The summed E-state index contributed by atoms with van der Waals surface area (Å²) in [6.07, 6.45) is 0. The Morgan fingerprint density at radius 2 is 1.81 bits per heavy atom. The number of quaternary nitrogens is 1. The number of nitrogens with zero attached hydrogens (tertiary/aromatic N) is 1. The standard InChI is InChI=1S/C19H20ClF2N3OS/c20-14-5-1-3-7-16(14)25-11-9-24(10-12-25)13-18(26)23-15-6-2-4-8-17(15)27-19(21)22/h1-8,19H,9-13H2,(H,23,26)/p+1. The molecular weight excluding hydrogens is 392 g/mol. The maximum absolute atomic E-state index is 12.6. The number of hydrogen-bond donors (Lipinski definition) is 2. The smallest absolute Gasteiger partial charge is 0.288 e. The number of hydrogen-bond acceptors (Lipinski definition) is 3. The van der Waals surface area contributed by atoms with E-state index in [1.807, 2.05) is 24.3 Å². The van der Waals surface area contributed by atoms with Crippen LogP contribution in [0.4, 0.5) is 20.2 Å². The summed E-state index contributed by atoms with van der Waals surface area (Å²) in [4.78, 5) is 16.1. The van der Waals surface area contributed by atoms with Crippen LogP contribution in [0.1, 0.15) is 0 Å². The fourth-order valence-corrected chi connectivity index (χ4v) is 3.99. The minimum Gasteiger partial charge on any atom is -0.359 e. The van der Waals surface area contributed by atoms with E-state index < -0.39 is 5.76 Å². The van der Waals surface area contributed by atoms with Crippen LogP contribution in [0.5, 0.6) is 0 Å². The number of piperazine rings is 1. The zero-order chi connectivity index (χ0) is 19.2. The summed E-state index contributed by atoms with van der Waals surface area (Å²) < 4.78 is 25.3. The molecule has 144 valence electrons. The van der Waals surface area contributed by atoms with Gasteiger partial charge in [-0.3, -0.25) is 4.79 Å². The largest absolute Gasteiger partial charge is 0.359 e. The van der Waals surface area contributed by atoms with Gasteiger partial charge in [0, 0.05) is 4.90 Å². The number of carbonyl (C=O) groups is 1. The third-order valence-corrected chi connectivity index (χ3v) is 5.56. The second-order valence-electron chi connectivity index (χ2n) is 6.29. The van der Waals surface area contributed by atoms with E-state index >= 15 is 0 Å². The molecule has 8 heteroatoms. The van der Waals surface area contributed by atoms with Gasteiger partial charge >= 0.3 is 0 Å². The normalized spacial score (nSPS) is 15.2. The molecule has 0 aromatic heterocycles. The van der Waals surface area contributed by atoms with Gasteiger partial charge in [-0.25, -0.2) is 0 Å². The summed E-state index contributed by atoms with van der Waals surface area (Å²) >= 11 is 6.69. The lowest BCUT2D eigenvalue weighted by Gasteiger charge is -2.33. The summed E-state index contributed by atoms with van der Waals surface area (Å²) in [5.74, 6) is -2.69. The molecule has 1 amide bonds. The van der Waals surface area contributed by atoms with Gasteiger partial charge in [-0.2, -0.15) is 8.78 Å².